The molecule has 39 heavy (non-hydrogen) atoms. The van der Waals surface area contributed by atoms with Gasteiger partial charge in [0, 0.05) is 10.5 Å². The van der Waals surface area contributed by atoms with Gasteiger partial charge in [0.2, 0.25) is 0 Å². The maximum absolute atomic E-state index is 14.0. The Morgan fingerprint density at radius 1 is 1.13 bits per heavy atom. The number of phenolic OH excluding ortho intramolecular Hbond substituents is 1. The standard InChI is InChI=1S/C29H22I2N2O4S2/c1-3-37-28(36)23-24(17-7-5-4-6-8-17)32-29-33(25(23)18-9-11-19(38-2)12-10-18)27(35)22(39-29)15-16-13-20(30)26(34)21(31)14-16/h4-15,25,34H,3H2,1-2H3/b22-15-/t25-/m1/s1. The van der Waals surface area contributed by atoms with Crippen LogP contribution in [0.15, 0.2) is 87.0 Å². The molecule has 0 bridgehead atoms. The fraction of sp³-hybridized carbons (Fsp3) is 0.138. The number of benzene rings is 3. The molecule has 1 atom stereocenters. The molecule has 0 aliphatic carbocycles. The molecule has 0 spiro atoms. The van der Waals surface area contributed by atoms with E-state index in [-0.39, 0.29) is 17.9 Å². The lowest BCUT2D eigenvalue weighted by atomic mass is 9.93. The summed E-state index contributed by atoms with van der Waals surface area (Å²) >= 11 is 7.04. The fourth-order valence-corrected chi connectivity index (χ4v) is 7.59. The van der Waals surface area contributed by atoms with E-state index in [1.54, 1.807) is 29.3 Å². The first-order valence-electron chi connectivity index (χ1n) is 11.9. The summed E-state index contributed by atoms with van der Waals surface area (Å²) in [4.78, 5) is 34.0. The van der Waals surface area contributed by atoms with Crippen LogP contribution in [0.3, 0.4) is 0 Å². The lowest BCUT2D eigenvalue weighted by molar-refractivity contribution is -0.138. The van der Waals surface area contributed by atoms with Crippen molar-refractivity contribution in [1.29, 1.82) is 0 Å². The molecule has 10 heteroatoms. The lowest BCUT2D eigenvalue weighted by Gasteiger charge is -2.26. The Morgan fingerprint density at radius 2 is 1.79 bits per heavy atom. The maximum atomic E-state index is 14.0. The quantitative estimate of drug-likeness (QED) is 0.157. The smallest absolute Gasteiger partial charge is 0.338 e. The van der Waals surface area contributed by atoms with Crippen LogP contribution in [0, 0.1) is 7.14 Å². The van der Waals surface area contributed by atoms with E-state index in [4.69, 9.17) is 9.73 Å². The Hall–Kier alpha value is -2.42. The molecular weight excluding hydrogens is 758 g/mol. The van der Waals surface area contributed by atoms with Crippen LogP contribution in [0.25, 0.3) is 11.8 Å². The summed E-state index contributed by atoms with van der Waals surface area (Å²) in [5.41, 5.74) is 2.93. The number of aromatic nitrogens is 1. The van der Waals surface area contributed by atoms with Crippen molar-refractivity contribution in [3.05, 3.63) is 116 Å². The van der Waals surface area contributed by atoms with Gasteiger partial charge in [0.25, 0.3) is 5.56 Å². The molecule has 1 aliphatic rings. The molecule has 5 rings (SSSR count). The number of aromatic hydroxyl groups is 1. The van der Waals surface area contributed by atoms with Crippen LogP contribution in [0.4, 0.5) is 0 Å². The number of phenols is 1. The summed E-state index contributed by atoms with van der Waals surface area (Å²) < 4.78 is 8.99. The third kappa shape index (κ3) is 5.61. The summed E-state index contributed by atoms with van der Waals surface area (Å²) in [6.45, 7) is 1.96. The van der Waals surface area contributed by atoms with Gasteiger partial charge in [-0.05, 0) is 99.8 Å². The molecule has 4 aromatic rings. The number of esters is 1. The van der Waals surface area contributed by atoms with Crippen molar-refractivity contribution in [1.82, 2.24) is 4.57 Å². The number of thiazole rings is 1. The van der Waals surface area contributed by atoms with Gasteiger partial charge in [-0.1, -0.05) is 53.8 Å². The summed E-state index contributed by atoms with van der Waals surface area (Å²) in [5.74, 6) is -0.286. The first-order valence-corrected chi connectivity index (χ1v) is 16.1. The highest BCUT2D eigenvalue weighted by molar-refractivity contribution is 14.1. The molecule has 0 radical (unpaired) electrons. The van der Waals surface area contributed by atoms with Gasteiger partial charge in [0.1, 0.15) is 5.75 Å². The van der Waals surface area contributed by atoms with Crippen LogP contribution in [0.2, 0.25) is 0 Å². The van der Waals surface area contributed by atoms with E-state index in [9.17, 15) is 14.7 Å². The van der Waals surface area contributed by atoms with Crippen LogP contribution in [0.5, 0.6) is 5.75 Å². The second-order valence-corrected chi connectivity index (χ2v) is 12.8. The van der Waals surface area contributed by atoms with Crippen molar-refractivity contribution in [3.8, 4) is 5.75 Å². The van der Waals surface area contributed by atoms with Crippen molar-refractivity contribution in [2.75, 3.05) is 12.9 Å². The fourth-order valence-electron chi connectivity index (χ4n) is 4.36. The zero-order chi connectivity index (χ0) is 27.7. The second-order valence-electron chi connectivity index (χ2n) is 8.54. The van der Waals surface area contributed by atoms with Gasteiger partial charge in [0.05, 0.1) is 35.6 Å². The van der Waals surface area contributed by atoms with Crippen LogP contribution >= 0.6 is 68.3 Å². The average Bonchev–Trinajstić information content (AvgIpc) is 3.25. The predicted octanol–water partition coefficient (Wildman–Crippen LogP) is 5.57. The number of fused-ring (bicyclic) bond motifs is 1. The number of hydrogen-bond donors (Lipinski definition) is 1. The molecule has 2 heterocycles. The zero-order valence-electron chi connectivity index (χ0n) is 20.9. The van der Waals surface area contributed by atoms with Gasteiger partial charge in [-0.2, -0.15) is 0 Å². The van der Waals surface area contributed by atoms with Crippen molar-refractivity contribution >= 4 is 86.0 Å². The summed E-state index contributed by atoms with van der Waals surface area (Å²) in [6.07, 6.45) is 3.80. The summed E-state index contributed by atoms with van der Waals surface area (Å²) in [5, 5.41) is 10.2. The minimum atomic E-state index is -0.714. The summed E-state index contributed by atoms with van der Waals surface area (Å²) in [6, 6.07) is 20.3. The lowest BCUT2D eigenvalue weighted by Crippen LogP contribution is -2.40. The molecule has 1 aliphatic heterocycles. The van der Waals surface area contributed by atoms with Gasteiger partial charge in [0.15, 0.2) is 4.80 Å². The van der Waals surface area contributed by atoms with Crippen LogP contribution in [-0.2, 0) is 9.53 Å². The van der Waals surface area contributed by atoms with Crippen LogP contribution in [0.1, 0.15) is 29.7 Å². The molecule has 0 unspecified atom stereocenters. The summed E-state index contributed by atoms with van der Waals surface area (Å²) in [7, 11) is 0. The van der Waals surface area contributed by atoms with Gasteiger partial charge in [-0.25, -0.2) is 9.79 Å². The number of halogens is 2. The Balaban J connectivity index is 1.82. The molecule has 0 amide bonds. The third-order valence-corrected chi connectivity index (χ3v) is 9.51. The zero-order valence-corrected chi connectivity index (χ0v) is 26.8. The molecule has 1 aromatic heterocycles. The second kappa shape index (κ2) is 12.0. The Bertz CT molecular complexity index is 1760. The Morgan fingerprint density at radius 3 is 2.41 bits per heavy atom. The maximum Gasteiger partial charge on any atom is 0.338 e. The number of carbonyl (C=O) groups is 1. The predicted molar refractivity (Wildman–Crippen MR) is 173 cm³/mol. The van der Waals surface area contributed by atoms with E-state index in [1.807, 2.05) is 73.0 Å². The van der Waals surface area contributed by atoms with E-state index in [0.717, 1.165) is 21.6 Å². The highest BCUT2D eigenvalue weighted by Gasteiger charge is 2.35. The van der Waals surface area contributed by atoms with Gasteiger partial charge >= 0.3 is 5.97 Å². The molecule has 0 saturated carbocycles. The number of carbonyl (C=O) groups excluding carboxylic acids is 1. The number of thioether (sulfide) groups is 1. The van der Waals surface area contributed by atoms with Gasteiger partial charge < -0.3 is 9.84 Å². The van der Waals surface area contributed by atoms with Gasteiger partial charge in [-0.3, -0.25) is 9.36 Å². The molecule has 1 N–H and O–H groups in total. The van der Waals surface area contributed by atoms with Crippen molar-refractivity contribution in [3.63, 3.8) is 0 Å². The van der Waals surface area contributed by atoms with E-state index < -0.39 is 12.0 Å². The number of rotatable bonds is 6. The Kier molecular flexibility index (Phi) is 8.64. The largest absolute Gasteiger partial charge is 0.506 e. The minimum absolute atomic E-state index is 0.199. The Labute approximate surface area is 260 Å². The number of nitrogens with zero attached hydrogens (tertiary/aromatic N) is 2. The number of ether oxygens (including phenoxy) is 1. The van der Waals surface area contributed by atoms with Crippen LogP contribution in [-0.4, -0.2) is 28.5 Å². The van der Waals surface area contributed by atoms with Crippen LogP contribution < -0.4 is 14.9 Å². The van der Waals surface area contributed by atoms with Crippen molar-refractivity contribution in [2.45, 2.75) is 17.9 Å². The number of hydrogen-bond acceptors (Lipinski definition) is 7. The minimum Gasteiger partial charge on any atom is -0.506 e. The first kappa shape index (κ1) is 28.1. The third-order valence-electron chi connectivity index (χ3n) is 6.14. The van der Waals surface area contributed by atoms with E-state index in [1.165, 1.54) is 11.3 Å². The van der Waals surface area contributed by atoms with E-state index in [2.05, 4.69) is 45.2 Å². The molecule has 0 fully saturated rings. The van der Waals surface area contributed by atoms with E-state index >= 15 is 0 Å². The van der Waals surface area contributed by atoms with E-state index in [0.29, 0.717) is 27.7 Å². The monoisotopic (exact) mass is 780 g/mol. The average molecular weight is 780 g/mol. The highest BCUT2D eigenvalue weighted by Crippen LogP contribution is 2.35. The molecule has 198 valence electrons. The topological polar surface area (TPSA) is 80.9 Å². The molecule has 0 saturated heterocycles. The van der Waals surface area contributed by atoms with Crippen molar-refractivity contribution < 1.29 is 14.6 Å². The van der Waals surface area contributed by atoms with Gasteiger partial charge in [-0.15, -0.1) is 11.8 Å². The highest BCUT2D eigenvalue weighted by atomic mass is 127. The SMILES string of the molecule is CCOC(=O)C1=C(c2ccccc2)N=c2s/c(=C\c3cc(I)c(O)c(I)c3)c(=O)n2[C@@H]1c1ccc(SC)cc1. The normalized spacial score (nSPS) is 15.2. The molecule has 3 aromatic carbocycles. The molecular formula is C29H22I2N2O4S2. The first-order chi connectivity index (χ1) is 18.8. The molecule has 6 nitrogen and oxygen atoms in total. The van der Waals surface area contributed by atoms with Crippen molar-refractivity contribution in [2.24, 2.45) is 4.99 Å².